The normalized spacial score (nSPS) is 11.8. The smallest absolute Gasteiger partial charge is 0.271 e. The largest absolute Gasteiger partial charge is 0.325 e. The van der Waals surface area contributed by atoms with Gasteiger partial charge in [0.15, 0.2) is 0 Å². The molecule has 0 saturated heterocycles. The Bertz CT molecular complexity index is 1000. The SMILES string of the molecule is Cc1ccc(-n2nc(SC(C)C(=O)Nc3ccc(Br)cc3)ccc2=O)cc1. The van der Waals surface area contributed by atoms with E-state index in [-0.39, 0.29) is 16.7 Å². The molecule has 0 aliphatic heterocycles. The molecule has 1 amide bonds. The third-order valence-corrected chi connectivity index (χ3v) is 5.39. The molecular weight excluding hydrogens is 426 g/mol. The van der Waals surface area contributed by atoms with Crippen LogP contribution in [0.25, 0.3) is 5.69 Å². The van der Waals surface area contributed by atoms with Crippen LogP contribution in [0.3, 0.4) is 0 Å². The van der Waals surface area contributed by atoms with Crippen molar-refractivity contribution < 1.29 is 4.79 Å². The molecule has 1 unspecified atom stereocenters. The van der Waals surface area contributed by atoms with Crippen molar-refractivity contribution in [2.75, 3.05) is 5.32 Å². The van der Waals surface area contributed by atoms with Gasteiger partial charge in [0.05, 0.1) is 10.9 Å². The molecule has 0 aliphatic rings. The fraction of sp³-hybridized carbons (Fsp3) is 0.150. The second kappa shape index (κ2) is 8.54. The summed E-state index contributed by atoms with van der Waals surface area (Å²) in [5, 5.41) is 7.51. The molecule has 138 valence electrons. The van der Waals surface area contributed by atoms with Crippen LogP contribution in [-0.2, 0) is 4.79 Å². The number of nitrogens with zero attached hydrogens (tertiary/aromatic N) is 2. The summed E-state index contributed by atoms with van der Waals surface area (Å²) in [7, 11) is 0. The third kappa shape index (κ3) is 5.08. The maximum Gasteiger partial charge on any atom is 0.271 e. The monoisotopic (exact) mass is 443 g/mol. The van der Waals surface area contributed by atoms with Crippen LogP contribution in [0.2, 0.25) is 0 Å². The first-order chi connectivity index (χ1) is 12.9. The maximum atomic E-state index is 12.4. The number of amides is 1. The number of hydrogen-bond donors (Lipinski definition) is 1. The molecule has 0 saturated carbocycles. The first-order valence-electron chi connectivity index (χ1n) is 8.33. The van der Waals surface area contributed by atoms with Crippen molar-refractivity contribution in [3.63, 3.8) is 0 Å². The molecule has 0 radical (unpaired) electrons. The molecule has 2 aromatic carbocycles. The van der Waals surface area contributed by atoms with E-state index in [1.165, 1.54) is 22.5 Å². The number of halogens is 1. The fourth-order valence-corrected chi connectivity index (χ4v) is 3.41. The lowest BCUT2D eigenvalue weighted by molar-refractivity contribution is -0.115. The Balaban J connectivity index is 1.74. The standard InChI is InChI=1S/C20H18BrN3O2S/c1-13-3-9-17(10-4-13)24-19(25)12-11-18(23-24)27-14(2)20(26)22-16-7-5-15(21)6-8-16/h3-12,14H,1-2H3,(H,22,26). The zero-order valence-corrected chi connectivity index (χ0v) is 17.3. The molecule has 0 aliphatic carbocycles. The van der Waals surface area contributed by atoms with E-state index in [0.29, 0.717) is 10.7 Å². The van der Waals surface area contributed by atoms with Crippen molar-refractivity contribution in [1.29, 1.82) is 0 Å². The van der Waals surface area contributed by atoms with Crippen LogP contribution in [-0.4, -0.2) is 20.9 Å². The van der Waals surface area contributed by atoms with E-state index in [1.807, 2.05) is 62.4 Å². The lowest BCUT2D eigenvalue weighted by atomic mass is 10.2. The van der Waals surface area contributed by atoms with Crippen molar-refractivity contribution in [3.8, 4) is 5.69 Å². The zero-order chi connectivity index (χ0) is 19.4. The zero-order valence-electron chi connectivity index (χ0n) is 14.8. The van der Waals surface area contributed by atoms with Gasteiger partial charge in [-0.25, -0.2) is 0 Å². The van der Waals surface area contributed by atoms with E-state index in [9.17, 15) is 9.59 Å². The van der Waals surface area contributed by atoms with Crippen molar-refractivity contribution in [2.24, 2.45) is 0 Å². The second-order valence-electron chi connectivity index (χ2n) is 6.01. The fourth-order valence-electron chi connectivity index (χ4n) is 2.34. The Hall–Kier alpha value is -2.38. The maximum absolute atomic E-state index is 12.4. The van der Waals surface area contributed by atoms with Crippen LogP contribution >= 0.6 is 27.7 Å². The van der Waals surface area contributed by atoms with Gasteiger partial charge in [-0.1, -0.05) is 45.4 Å². The molecule has 1 atom stereocenters. The number of benzene rings is 2. The number of aromatic nitrogens is 2. The second-order valence-corrected chi connectivity index (χ2v) is 8.29. The average Bonchev–Trinajstić information content (AvgIpc) is 2.66. The number of nitrogens with one attached hydrogen (secondary N) is 1. The highest BCUT2D eigenvalue weighted by Crippen LogP contribution is 2.22. The summed E-state index contributed by atoms with van der Waals surface area (Å²) in [6.45, 7) is 3.79. The summed E-state index contributed by atoms with van der Waals surface area (Å²) >= 11 is 4.67. The van der Waals surface area contributed by atoms with Crippen molar-refractivity contribution >= 4 is 39.3 Å². The van der Waals surface area contributed by atoms with Gasteiger partial charge < -0.3 is 5.32 Å². The highest BCUT2D eigenvalue weighted by molar-refractivity contribution is 9.10. The Kier molecular flexibility index (Phi) is 6.13. The number of rotatable bonds is 5. The lowest BCUT2D eigenvalue weighted by Gasteiger charge is -2.12. The van der Waals surface area contributed by atoms with Crippen molar-refractivity contribution in [1.82, 2.24) is 9.78 Å². The predicted octanol–water partition coefficient (Wildman–Crippen LogP) is 4.42. The number of aryl methyl sites for hydroxylation is 1. The van der Waals surface area contributed by atoms with E-state index >= 15 is 0 Å². The van der Waals surface area contributed by atoms with Gasteiger partial charge in [0, 0.05) is 16.2 Å². The van der Waals surface area contributed by atoms with Gasteiger partial charge in [-0.2, -0.15) is 9.78 Å². The number of thioether (sulfide) groups is 1. The minimum atomic E-state index is -0.370. The average molecular weight is 444 g/mol. The van der Waals surface area contributed by atoms with Crippen LogP contribution in [0, 0.1) is 6.92 Å². The van der Waals surface area contributed by atoms with Gasteiger partial charge >= 0.3 is 0 Å². The van der Waals surface area contributed by atoms with Crippen molar-refractivity contribution in [2.45, 2.75) is 24.1 Å². The quantitative estimate of drug-likeness (QED) is 0.592. The Morgan fingerprint density at radius 2 is 1.74 bits per heavy atom. The lowest BCUT2D eigenvalue weighted by Crippen LogP contribution is -2.24. The molecule has 1 heterocycles. The summed E-state index contributed by atoms with van der Waals surface area (Å²) in [6, 6.07) is 18.1. The van der Waals surface area contributed by atoms with E-state index < -0.39 is 0 Å². The molecule has 0 bridgehead atoms. The molecule has 1 N–H and O–H groups in total. The minimum absolute atomic E-state index is 0.128. The molecule has 0 fully saturated rings. The van der Waals surface area contributed by atoms with E-state index in [2.05, 4.69) is 26.3 Å². The Morgan fingerprint density at radius 3 is 2.41 bits per heavy atom. The minimum Gasteiger partial charge on any atom is -0.325 e. The van der Waals surface area contributed by atoms with Gasteiger partial charge in [-0.3, -0.25) is 9.59 Å². The van der Waals surface area contributed by atoms with Gasteiger partial charge in [0.1, 0.15) is 5.03 Å². The molecule has 5 nitrogen and oxygen atoms in total. The van der Waals surface area contributed by atoms with Crippen LogP contribution in [0.1, 0.15) is 12.5 Å². The topological polar surface area (TPSA) is 64.0 Å². The molecule has 1 aromatic heterocycles. The number of hydrogen-bond acceptors (Lipinski definition) is 4. The first kappa shape index (κ1) is 19.4. The Labute approximate surface area is 169 Å². The molecule has 7 heteroatoms. The molecule has 0 spiro atoms. The predicted molar refractivity (Wildman–Crippen MR) is 113 cm³/mol. The molecular formula is C20H18BrN3O2S. The van der Waals surface area contributed by atoms with Crippen LogP contribution in [0.4, 0.5) is 5.69 Å². The number of anilines is 1. The van der Waals surface area contributed by atoms with Gasteiger partial charge in [0.2, 0.25) is 5.91 Å². The first-order valence-corrected chi connectivity index (χ1v) is 10.00. The number of carbonyl (C=O) groups excluding carboxylic acids is 1. The third-order valence-electron chi connectivity index (χ3n) is 3.83. The molecule has 3 rings (SSSR count). The van der Waals surface area contributed by atoms with E-state index in [0.717, 1.165) is 15.7 Å². The highest BCUT2D eigenvalue weighted by atomic mass is 79.9. The van der Waals surface area contributed by atoms with Crippen LogP contribution in [0.5, 0.6) is 0 Å². The van der Waals surface area contributed by atoms with Crippen molar-refractivity contribution in [3.05, 3.63) is 81.1 Å². The highest BCUT2D eigenvalue weighted by Gasteiger charge is 2.16. The van der Waals surface area contributed by atoms with Gasteiger partial charge in [0.25, 0.3) is 5.56 Å². The summed E-state index contributed by atoms with van der Waals surface area (Å²) in [5.41, 5.74) is 2.32. The van der Waals surface area contributed by atoms with E-state index in [1.54, 1.807) is 6.07 Å². The number of carbonyl (C=O) groups is 1. The summed E-state index contributed by atoms with van der Waals surface area (Å²) in [4.78, 5) is 24.6. The summed E-state index contributed by atoms with van der Waals surface area (Å²) in [6.07, 6.45) is 0. The molecule has 27 heavy (non-hydrogen) atoms. The van der Waals surface area contributed by atoms with Gasteiger partial charge in [-0.15, -0.1) is 0 Å². The summed E-state index contributed by atoms with van der Waals surface area (Å²) < 4.78 is 2.30. The molecule has 3 aromatic rings. The van der Waals surface area contributed by atoms with Crippen LogP contribution in [0.15, 0.2) is 75.0 Å². The Morgan fingerprint density at radius 1 is 1.07 bits per heavy atom. The van der Waals surface area contributed by atoms with Gasteiger partial charge in [-0.05, 0) is 56.3 Å². The summed E-state index contributed by atoms with van der Waals surface area (Å²) in [5.74, 6) is -0.128. The van der Waals surface area contributed by atoms with E-state index in [4.69, 9.17) is 0 Å². The van der Waals surface area contributed by atoms with Crippen LogP contribution < -0.4 is 10.9 Å².